The Kier molecular flexibility index (Phi) is 5.08. The van der Waals surface area contributed by atoms with Gasteiger partial charge in [0.05, 0.1) is 6.54 Å². The number of hydrogen-bond donors (Lipinski definition) is 3. The summed E-state index contributed by atoms with van der Waals surface area (Å²) in [5.41, 5.74) is -0.0971. The molecule has 3 N–H and O–H groups in total. The van der Waals surface area contributed by atoms with E-state index in [0.717, 1.165) is 0 Å². The van der Waals surface area contributed by atoms with E-state index in [0.29, 0.717) is 37.8 Å². The van der Waals surface area contributed by atoms with E-state index in [9.17, 15) is 19.8 Å². The Morgan fingerprint density at radius 1 is 1.19 bits per heavy atom. The van der Waals surface area contributed by atoms with Crippen molar-refractivity contribution in [1.82, 2.24) is 15.0 Å². The first-order chi connectivity index (χ1) is 12.4. The highest BCUT2D eigenvalue weighted by Gasteiger charge is 2.26. The number of nitrogens with zero attached hydrogens (tertiary/aromatic N) is 3. The Balaban J connectivity index is 1.52. The van der Waals surface area contributed by atoms with Crippen LogP contribution < -0.4 is 5.32 Å². The zero-order valence-corrected chi connectivity index (χ0v) is 14.3. The van der Waals surface area contributed by atoms with Crippen molar-refractivity contribution in [2.45, 2.75) is 6.92 Å². The molecule has 2 heterocycles. The summed E-state index contributed by atoms with van der Waals surface area (Å²) in [6.45, 7) is 3.71. The summed E-state index contributed by atoms with van der Waals surface area (Å²) in [5.74, 6) is -0.158. The number of carbonyl (C=O) groups excluding carboxylic acids is 2. The lowest BCUT2D eigenvalue weighted by Gasteiger charge is -2.34. The van der Waals surface area contributed by atoms with Crippen LogP contribution in [0.3, 0.4) is 0 Å². The molecule has 0 aliphatic carbocycles. The zero-order valence-electron chi connectivity index (χ0n) is 14.3. The number of aromatic hydroxyl groups is 2. The Labute approximate surface area is 149 Å². The molecule has 0 bridgehead atoms. The molecule has 26 heavy (non-hydrogen) atoms. The number of benzene rings is 1. The molecule has 1 aromatic heterocycles. The van der Waals surface area contributed by atoms with Crippen molar-refractivity contribution in [3.8, 4) is 11.5 Å². The smallest absolute Gasteiger partial charge is 0.261 e. The lowest BCUT2D eigenvalue weighted by Crippen LogP contribution is -2.50. The Bertz CT molecular complexity index is 791. The number of phenolic OH excluding ortho intramolecular Hbond substituents is 2. The number of amides is 2. The molecule has 0 unspecified atom stereocenters. The quantitative estimate of drug-likeness (QED) is 0.737. The van der Waals surface area contributed by atoms with E-state index in [-0.39, 0.29) is 29.5 Å². The van der Waals surface area contributed by atoms with Crippen molar-refractivity contribution in [1.29, 1.82) is 0 Å². The van der Waals surface area contributed by atoms with Crippen LogP contribution in [-0.4, -0.2) is 69.7 Å². The van der Waals surface area contributed by atoms with Gasteiger partial charge in [0.1, 0.15) is 22.8 Å². The standard InChI is InChI=1S/C17H20N4O5/c1-11-9-14(19-26-11)18-15(24)10-20-5-7-21(8-6-20)17(25)16-12(22)3-2-4-13(16)23/h2-4,9,22-23H,5-8,10H2,1H3,(H,18,19,24). The number of phenols is 2. The predicted molar refractivity (Wildman–Crippen MR) is 92.0 cm³/mol. The number of hydrogen-bond acceptors (Lipinski definition) is 7. The molecule has 2 amide bonds. The minimum absolute atomic E-state index is 0.0971. The first kappa shape index (κ1) is 17.7. The summed E-state index contributed by atoms with van der Waals surface area (Å²) in [4.78, 5) is 28.0. The summed E-state index contributed by atoms with van der Waals surface area (Å²) >= 11 is 0. The van der Waals surface area contributed by atoms with Crippen LogP contribution >= 0.6 is 0 Å². The van der Waals surface area contributed by atoms with Crippen LogP contribution in [0, 0.1) is 6.92 Å². The second-order valence-electron chi connectivity index (χ2n) is 6.11. The largest absolute Gasteiger partial charge is 0.507 e. The van der Waals surface area contributed by atoms with Gasteiger partial charge in [0.15, 0.2) is 5.82 Å². The molecular weight excluding hydrogens is 340 g/mol. The van der Waals surface area contributed by atoms with Gasteiger partial charge in [0.2, 0.25) is 5.91 Å². The van der Waals surface area contributed by atoms with Gasteiger partial charge in [-0.1, -0.05) is 11.2 Å². The molecule has 9 nitrogen and oxygen atoms in total. The molecule has 1 fully saturated rings. The van der Waals surface area contributed by atoms with Gasteiger partial charge in [-0.2, -0.15) is 0 Å². The number of anilines is 1. The van der Waals surface area contributed by atoms with Gasteiger partial charge in [-0.05, 0) is 19.1 Å². The van der Waals surface area contributed by atoms with Gasteiger partial charge in [-0.25, -0.2) is 0 Å². The van der Waals surface area contributed by atoms with E-state index < -0.39 is 5.91 Å². The van der Waals surface area contributed by atoms with E-state index in [4.69, 9.17) is 4.52 Å². The van der Waals surface area contributed by atoms with Gasteiger partial charge in [0, 0.05) is 32.2 Å². The third kappa shape index (κ3) is 3.94. The molecule has 0 spiro atoms. The average molecular weight is 360 g/mol. The maximum atomic E-state index is 12.5. The van der Waals surface area contributed by atoms with Gasteiger partial charge in [-0.3, -0.25) is 14.5 Å². The highest BCUT2D eigenvalue weighted by atomic mass is 16.5. The normalized spacial score (nSPS) is 15.0. The molecule has 0 saturated carbocycles. The van der Waals surface area contributed by atoms with E-state index in [1.54, 1.807) is 17.9 Å². The number of piperazine rings is 1. The molecular formula is C17H20N4O5. The molecule has 1 aliphatic rings. The second kappa shape index (κ2) is 7.44. The van der Waals surface area contributed by atoms with Crippen molar-refractivity contribution in [2.75, 3.05) is 38.0 Å². The molecule has 0 radical (unpaired) electrons. The lowest BCUT2D eigenvalue weighted by atomic mass is 10.1. The fourth-order valence-electron chi connectivity index (χ4n) is 2.83. The van der Waals surface area contributed by atoms with Gasteiger partial charge in [0.25, 0.3) is 5.91 Å². The van der Waals surface area contributed by atoms with Crippen molar-refractivity contribution in [3.63, 3.8) is 0 Å². The molecule has 1 aromatic carbocycles. The summed E-state index contributed by atoms with van der Waals surface area (Å²) in [7, 11) is 0. The third-order valence-electron chi connectivity index (χ3n) is 4.16. The van der Waals surface area contributed by atoms with Crippen molar-refractivity contribution in [2.24, 2.45) is 0 Å². The molecule has 1 saturated heterocycles. The van der Waals surface area contributed by atoms with Crippen LogP contribution in [0.15, 0.2) is 28.8 Å². The second-order valence-corrected chi connectivity index (χ2v) is 6.11. The van der Waals surface area contributed by atoms with Crippen molar-refractivity contribution in [3.05, 3.63) is 35.6 Å². The molecule has 3 rings (SSSR count). The van der Waals surface area contributed by atoms with Crippen LogP contribution in [0.1, 0.15) is 16.1 Å². The first-order valence-electron chi connectivity index (χ1n) is 8.20. The molecule has 1 aliphatic heterocycles. The van der Waals surface area contributed by atoms with Crippen LogP contribution in [0.4, 0.5) is 5.82 Å². The number of aryl methyl sites for hydroxylation is 1. The van der Waals surface area contributed by atoms with Crippen molar-refractivity contribution >= 4 is 17.6 Å². The third-order valence-corrected chi connectivity index (χ3v) is 4.16. The SMILES string of the molecule is Cc1cc(NC(=O)CN2CCN(C(=O)c3c(O)cccc3O)CC2)no1. The van der Waals surface area contributed by atoms with Crippen molar-refractivity contribution < 1.29 is 24.3 Å². The number of nitrogens with one attached hydrogen (secondary N) is 1. The van der Waals surface area contributed by atoms with E-state index in [1.807, 2.05) is 4.90 Å². The minimum atomic E-state index is -0.428. The molecule has 2 aromatic rings. The highest BCUT2D eigenvalue weighted by Crippen LogP contribution is 2.28. The maximum absolute atomic E-state index is 12.5. The van der Waals surface area contributed by atoms with Gasteiger partial charge >= 0.3 is 0 Å². The Morgan fingerprint density at radius 3 is 2.42 bits per heavy atom. The first-order valence-corrected chi connectivity index (χ1v) is 8.20. The van der Waals surface area contributed by atoms with Crippen LogP contribution in [-0.2, 0) is 4.79 Å². The van der Waals surface area contributed by atoms with Gasteiger partial charge in [-0.15, -0.1) is 0 Å². The van der Waals surface area contributed by atoms with E-state index in [1.165, 1.54) is 18.2 Å². The van der Waals surface area contributed by atoms with Gasteiger partial charge < -0.3 is 25.0 Å². The topological polar surface area (TPSA) is 119 Å². The monoisotopic (exact) mass is 360 g/mol. The number of carbonyl (C=O) groups is 2. The summed E-state index contributed by atoms with van der Waals surface area (Å²) in [6, 6.07) is 5.82. The average Bonchev–Trinajstić information content (AvgIpc) is 3.00. The fraction of sp³-hybridized carbons (Fsp3) is 0.353. The summed E-state index contributed by atoms with van der Waals surface area (Å²) < 4.78 is 4.89. The Hall–Kier alpha value is -3.07. The number of rotatable bonds is 4. The summed E-state index contributed by atoms with van der Waals surface area (Å²) in [5, 5.41) is 26.0. The maximum Gasteiger partial charge on any atom is 0.261 e. The van der Waals surface area contributed by atoms with Crippen LogP contribution in [0.25, 0.3) is 0 Å². The Morgan fingerprint density at radius 2 is 1.85 bits per heavy atom. The molecule has 9 heteroatoms. The van der Waals surface area contributed by atoms with Crippen LogP contribution in [0.5, 0.6) is 11.5 Å². The predicted octanol–water partition coefficient (Wildman–Crippen LogP) is 0.791. The highest BCUT2D eigenvalue weighted by molar-refractivity contribution is 5.99. The van der Waals surface area contributed by atoms with E-state index >= 15 is 0 Å². The zero-order chi connectivity index (χ0) is 18.7. The fourth-order valence-corrected chi connectivity index (χ4v) is 2.83. The lowest BCUT2D eigenvalue weighted by molar-refractivity contribution is -0.117. The van der Waals surface area contributed by atoms with E-state index in [2.05, 4.69) is 10.5 Å². The molecule has 0 atom stereocenters. The number of aromatic nitrogens is 1. The minimum Gasteiger partial charge on any atom is -0.507 e. The van der Waals surface area contributed by atoms with Crippen LogP contribution in [0.2, 0.25) is 0 Å². The summed E-state index contributed by atoms with van der Waals surface area (Å²) in [6.07, 6.45) is 0. The molecule has 138 valence electrons.